The van der Waals surface area contributed by atoms with Crippen molar-refractivity contribution >= 4 is 0 Å². The van der Waals surface area contributed by atoms with E-state index in [1.165, 1.54) is 16.8 Å². The van der Waals surface area contributed by atoms with Crippen LogP contribution in [0.25, 0.3) is 0 Å². The molecule has 1 aromatic heterocycles. The fourth-order valence-electron chi connectivity index (χ4n) is 2.21. The lowest BCUT2D eigenvalue weighted by Gasteiger charge is -2.10. The summed E-state index contributed by atoms with van der Waals surface area (Å²) in [6, 6.07) is 11.0. The zero-order valence-corrected chi connectivity index (χ0v) is 12.1. The van der Waals surface area contributed by atoms with Gasteiger partial charge in [0, 0.05) is 23.8 Å². The van der Waals surface area contributed by atoms with E-state index in [0.717, 1.165) is 19.5 Å². The topological polar surface area (TPSA) is 29.9 Å². The van der Waals surface area contributed by atoms with Crippen molar-refractivity contribution in [1.82, 2.24) is 15.1 Å². The minimum atomic E-state index is 0.502. The lowest BCUT2D eigenvalue weighted by Crippen LogP contribution is -2.22. The number of hydrogen-bond acceptors (Lipinski definition) is 2. The standard InChI is InChI=1S/C16H23N3/c1-4-16-15(10-17-13(2)3)11-18-19(16)12-14-8-6-5-7-9-14/h5-9,11,13,17H,4,10,12H2,1-3H3. The first kappa shape index (κ1) is 13.8. The highest BCUT2D eigenvalue weighted by atomic mass is 15.3. The molecule has 2 aromatic rings. The van der Waals surface area contributed by atoms with Crippen LogP contribution in [0, 0.1) is 0 Å². The molecule has 0 fully saturated rings. The fourth-order valence-corrected chi connectivity index (χ4v) is 2.21. The summed E-state index contributed by atoms with van der Waals surface area (Å²) in [7, 11) is 0. The monoisotopic (exact) mass is 257 g/mol. The van der Waals surface area contributed by atoms with E-state index in [9.17, 15) is 0 Å². The minimum Gasteiger partial charge on any atom is -0.310 e. The van der Waals surface area contributed by atoms with Crippen LogP contribution in [-0.2, 0) is 19.5 Å². The van der Waals surface area contributed by atoms with Gasteiger partial charge in [-0.3, -0.25) is 4.68 Å². The van der Waals surface area contributed by atoms with Crippen molar-refractivity contribution in [2.24, 2.45) is 0 Å². The third kappa shape index (κ3) is 3.67. The summed E-state index contributed by atoms with van der Waals surface area (Å²) in [6.45, 7) is 8.28. The second-order valence-corrected chi connectivity index (χ2v) is 5.15. The molecule has 0 aliphatic heterocycles. The van der Waals surface area contributed by atoms with Gasteiger partial charge in [-0.1, -0.05) is 51.1 Å². The van der Waals surface area contributed by atoms with Crippen LogP contribution in [0.3, 0.4) is 0 Å². The van der Waals surface area contributed by atoms with Gasteiger partial charge in [0.1, 0.15) is 0 Å². The van der Waals surface area contributed by atoms with Crippen LogP contribution in [0.1, 0.15) is 37.6 Å². The Kier molecular flexibility index (Phi) is 4.74. The van der Waals surface area contributed by atoms with E-state index in [-0.39, 0.29) is 0 Å². The van der Waals surface area contributed by atoms with Gasteiger partial charge in [0.2, 0.25) is 0 Å². The molecule has 0 saturated heterocycles. The average Bonchev–Trinajstić information content (AvgIpc) is 2.79. The number of aromatic nitrogens is 2. The smallest absolute Gasteiger partial charge is 0.0662 e. The number of nitrogens with one attached hydrogen (secondary N) is 1. The predicted molar refractivity (Wildman–Crippen MR) is 79.1 cm³/mol. The molecule has 0 spiro atoms. The second kappa shape index (κ2) is 6.53. The molecule has 102 valence electrons. The third-order valence-corrected chi connectivity index (χ3v) is 3.25. The van der Waals surface area contributed by atoms with Crippen molar-refractivity contribution in [2.45, 2.75) is 46.3 Å². The van der Waals surface area contributed by atoms with E-state index in [4.69, 9.17) is 0 Å². The van der Waals surface area contributed by atoms with Crippen LogP contribution in [0.15, 0.2) is 36.5 Å². The Balaban J connectivity index is 2.13. The van der Waals surface area contributed by atoms with Crippen molar-refractivity contribution in [1.29, 1.82) is 0 Å². The molecule has 0 radical (unpaired) electrons. The molecular formula is C16H23N3. The summed E-state index contributed by atoms with van der Waals surface area (Å²) in [5, 5.41) is 8.00. The van der Waals surface area contributed by atoms with Gasteiger partial charge in [-0.2, -0.15) is 5.10 Å². The number of hydrogen-bond donors (Lipinski definition) is 1. The van der Waals surface area contributed by atoms with E-state index in [1.807, 2.05) is 12.3 Å². The van der Waals surface area contributed by atoms with E-state index < -0.39 is 0 Å². The molecule has 1 heterocycles. The van der Waals surface area contributed by atoms with Gasteiger partial charge in [0.05, 0.1) is 12.7 Å². The summed E-state index contributed by atoms with van der Waals surface area (Å²) >= 11 is 0. The highest BCUT2D eigenvalue weighted by Gasteiger charge is 2.09. The second-order valence-electron chi connectivity index (χ2n) is 5.15. The molecule has 0 aliphatic carbocycles. The maximum Gasteiger partial charge on any atom is 0.0662 e. The lowest BCUT2D eigenvalue weighted by atomic mass is 10.2. The van der Waals surface area contributed by atoms with Gasteiger partial charge >= 0.3 is 0 Å². The zero-order valence-electron chi connectivity index (χ0n) is 12.1. The first-order valence-corrected chi connectivity index (χ1v) is 7.01. The first-order chi connectivity index (χ1) is 9.20. The Hall–Kier alpha value is -1.61. The molecule has 2 rings (SSSR count). The summed E-state index contributed by atoms with van der Waals surface area (Å²) in [5.41, 5.74) is 3.94. The van der Waals surface area contributed by atoms with Crippen LogP contribution in [0.4, 0.5) is 0 Å². The van der Waals surface area contributed by atoms with E-state index in [2.05, 4.69) is 60.1 Å². The van der Waals surface area contributed by atoms with Crippen LogP contribution in [0.2, 0.25) is 0 Å². The van der Waals surface area contributed by atoms with Crippen LogP contribution < -0.4 is 5.32 Å². The molecule has 3 heteroatoms. The van der Waals surface area contributed by atoms with Crippen LogP contribution in [0.5, 0.6) is 0 Å². The van der Waals surface area contributed by atoms with Crippen LogP contribution in [-0.4, -0.2) is 15.8 Å². The molecular weight excluding hydrogens is 234 g/mol. The maximum atomic E-state index is 4.54. The van der Waals surface area contributed by atoms with E-state index >= 15 is 0 Å². The number of rotatable bonds is 6. The Morgan fingerprint density at radius 2 is 1.95 bits per heavy atom. The number of benzene rings is 1. The van der Waals surface area contributed by atoms with Gasteiger partial charge in [-0.05, 0) is 12.0 Å². The van der Waals surface area contributed by atoms with Crippen LogP contribution >= 0.6 is 0 Å². The SMILES string of the molecule is CCc1c(CNC(C)C)cnn1Cc1ccccc1. The molecule has 0 saturated carbocycles. The normalized spacial score (nSPS) is 11.2. The quantitative estimate of drug-likeness (QED) is 0.862. The summed E-state index contributed by atoms with van der Waals surface area (Å²) < 4.78 is 2.12. The van der Waals surface area contributed by atoms with Crippen molar-refractivity contribution in [3.8, 4) is 0 Å². The average molecular weight is 257 g/mol. The Morgan fingerprint density at radius 3 is 2.58 bits per heavy atom. The Labute approximate surface area is 115 Å². The Bertz CT molecular complexity index is 500. The van der Waals surface area contributed by atoms with E-state index in [0.29, 0.717) is 6.04 Å². The van der Waals surface area contributed by atoms with Gasteiger partial charge < -0.3 is 5.32 Å². The van der Waals surface area contributed by atoms with Gasteiger partial charge in [0.15, 0.2) is 0 Å². The summed E-state index contributed by atoms with van der Waals surface area (Å²) in [5.74, 6) is 0. The molecule has 0 amide bonds. The summed E-state index contributed by atoms with van der Waals surface area (Å²) in [4.78, 5) is 0. The molecule has 1 N–H and O–H groups in total. The number of nitrogens with zero attached hydrogens (tertiary/aromatic N) is 2. The molecule has 0 atom stereocenters. The van der Waals surface area contributed by atoms with Gasteiger partial charge in [-0.25, -0.2) is 0 Å². The minimum absolute atomic E-state index is 0.502. The van der Waals surface area contributed by atoms with Gasteiger partial charge in [0.25, 0.3) is 0 Å². The fraction of sp³-hybridized carbons (Fsp3) is 0.438. The highest BCUT2D eigenvalue weighted by molar-refractivity contribution is 5.21. The first-order valence-electron chi connectivity index (χ1n) is 7.01. The Morgan fingerprint density at radius 1 is 1.21 bits per heavy atom. The predicted octanol–water partition coefficient (Wildman–Crippen LogP) is 2.99. The summed E-state index contributed by atoms with van der Waals surface area (Å²) in [6.07, 6.45) is 3.01. The third-order valence-electron chi connectivity index (χ3n) is 3.25. The molecule has 19 heavy (non-hydrogen) atoms. The lowest BCUT2D eigenvalue weighted by molar-refractivity contribution is 0.582. The molecule has 0 unspecified atom stereocenters. The molecule has 3 nitrogen and oxygen atoms in total. The van der Waals surface area contributed by atoms with Gasteiger partial charge in [-0.15, -0.1) is 0 Å². The molecule has 1 aromatic carbocycles. The van der Waals surface area contributed by atoms with E-state index in [1.54, 1.807) is 0 Å². The van der Waals surface area contributed by atoms with Crippen molar-refractivity contribution < 1.29 is 0 Å². The maximum absolute atomic E-state index is 4.54. The zero-order chi connectivity index (χ0) is 13.7. The highest BCUT2D eigenvalue weighted by Crippen LogP contribution is 2.12. The molecule has 0 aliphatic rings. The van der Waals surface area contributed by atoms with Crippen molar-refractivity contribution in [3.63, 3.8) is 0 Å². The largest absolute Gasteiger partial charge is 0.310 e. The molecule has 0 bridgehead atoms. The van der Waals surface area contributed by atoms with Crippen molar-refractivity contribution in [3.05, 3.63) is 53.3 Å². The van der Waals surface area contributed by atoms with Crippen molar-refractivity contribution in [2.75, 3.05) is 0 Å².